The lowest BCUT2D eigenvalue weighted by atomic mass is 9.92. The Morgan fingerprint density at radius 1 is 0.381 bits per heavy atom. The topological polar surface area (TPSA) is 55.7 Å². The number of nitrogens with zero attached hydrogens (tertiary/aromatic N) is 3. The van der Waals surface area contributed by atoms with E-state index in [4.69, 9.17) is 15.0 Å². The number of allylic oxidation sites excluding steroid dienone is 5. The van der Waals surface area contributed by atoms with Gasteiger partial charge in [-0.05, 0) is 102 Å². The van der Waals surface area contributed by atoms with Gasteiger partial charge in [0.15, 0.2) is 5.78 Å². The predicted octanol–water partition coefficient (Wildman–Crippen LogP) is 14.8. The molecule has 63 heavy (non-hydrogen) atoms. The van der Waals surface area contributed by atoms with Crippen molar-refractivity contribution in [3.63, 3.8) is 0 Å². The second-order valence-corrected chi connectivity index (χ2v) is 15.3. The molecular weight excluding hydrogens is 767 g/mol. The molecular formula is C59H43N3O. The highest BCUT2D eigenvalue weighted by molar-refractivity contribution is 6.11. The molecule has 0 fully saturated rings. The van der Waals surface area contributed by atoms with Gasteiger partial charge in [0.05, 0.1) is 34.2 Å². The fourth-order valence-electron chi connectivity index (χ4n) is 7.60. The van der Waals surface area contributed by atoms with E-state index in [2.05, 4.69) is 68.1 Å². The van der Waals surface area contributed by atoms with Gasteiger partial charge in [0.25, 0.3) is 0 Å². The Bertz CT molecular complexity index is 3030. The van der Waals surface area contributed by atoms with E-state index in [-0.39, 0.29) is 5.78 Å². The fraction of sp³-hybridized carbons (Fsp3) is 0.0169. The molecule has 0 amide bonds. The van der Waals surface area contributed by atoms with Crippen molar-refractivity contribution in [1.29, 1.82) is 0 Å². The molecule has 300 valence electrons. The molecule has 3 aromatic heterocycles. The van der Waals surface area contributed by atoms with Crippen molar-refractivity contribution in [2.45, 2.75) is 6.92 Å². The highest BCUT2D eigenvalue weighted by Gasteiger charge is 2.18. The van der Waals surface area contributed by atoms with Gasteiger partial charge in [0.1, 0.15) is 0 Å². The van der Waals surface area contributed by atoms with Gasteiger partial charge in [-0.3, -0.25) is 4.79 Å². The van der Waals surface area contributed by atoms with Gasteiger partial charge in [-0.2, -0.15) is 0 Å². The van der Waals surface area contributed by atoms with E-state index in [1.165, 1.54) is 0 Å². The average molecular weight is 810 g/mol. The van der Waals surface area contributed by atoms with Crippen LogP contribution in [0.25, 0.3) is 78.7 Å². The van der Waals surface area contributed by atoms with Crippen LogP contribution in [0, 0.1) is 0 Å². The Kier molecular flexibility index (Phi) is 11.8. The molecule has 0 aliphatic heterocycles. The third-order valence-electron chi connectivity index (χ3n) is 11.0. The normalized spacial score (nSPS) is 11.4. The van der Waals surface area contributed by atoms with Crippen molar-refractivity contribution >= 4 is 16.9 Å². The summed E-state index contributed by atoms with van der Waals surface area (Å²) in [6.07, 6.45) is 6.08. The second kappa shape index (κ2) is 18.5. The third kappa shape index (κ3) is 9.36. The summed E-state index contributed by atoms with van der Waals surface area (Å²) in [5.41, 5.74) is 15.3. The van der Waals surface area contributed by atoms with Gasteiger partial charge in [-0.15, -0.1) is 0 Å². The molecule has 0 aliphatic carbocycles. The first-order chi connectivity index (χ1) is 30.9. The van der Waals surface area contributed by atoms with E-state index in [1.54, 1.807) is 0 Å². The predicted molar refractivity (Wildman–Crippen MR) is 261 cm³/mol. The zero-order valence-corrected chi connectivity index (χ0v) is 34.9. The van der Waals surface area contributed by atoms with Crippen molar-refractivity contribution in [2.24, 2.45) is 0 Å². The highest BCUT2D eigenvalue weighted by atomic mass is 16.1. The SMILES string of the molecule is C=C(/C=C\C=C(/C)c1cc(C(=O)c2cc(-c3cccc(-c4ccccc4)n3)cc(-c3cccc(-c4ccccc4)n3)c2)cc(-c2cccc(-c3ccccc3)n2)c1)c1ccccc1. The summed E-state index contributed by atoms with van der Waals surface area (Å²) >= 11 is 0. The van der Waals surface area contributed by atoms with Gasteiger partial charge in [0, 0.05) is 44.5 Å². The molecule has 0 saturated heterocycles. The lowest BCUT2D eigenvalue weighted by Gasteiger charge is -2.14. The molecule has 9 aromatic rings. The first kappa shape index (κ1) is 40.1. The highest BCUT2D eigenvalue weighted by Crippen LogP contribution is 2.33. The largest absolute Gasteiger partial charge is 0.289 e. The quantitative estimate of drug-likeness (QED) is 0.0911. The first-order valence-corrected chi connectivity index (χ1v) is 21.0. The van der Waals surface area contributed by atoms with Crippen molar-refractivity contribution in [3.05, 3.63) is 259 Å². The molecule has 3 heterocycles. The zero-order chi connectivity index (χ0) is 43.0. The summed E-state index contributed by atoms with van der Waals surface area (Å²) in [4.78, 5) is 30.5. The second-order valence-electron chi connectivity index (χ2n) is 15.3. The Morgan fingerprint density at radius 2 is 0.730 bits per heavy atom. The van der Waals surface area contributed by atoms with E-state index < -0.39 is 0 Å². The van der Waals surface area contributed by atoms with Crippen molar-refractivity contribution < 1.29 is 4.79 Å². The average Bonchev–Trinajstić information content (AvgIpc) is 3.37. The number of rotatable bonds is 12. The maximum atomic E-state index is 15.2. The van der Waals surface area contributed by atoms with E-state index >= 15 is 4.79 Å². The minimum Gasteiger partial charge on any atom is -0.289 e. The number of aromatic nitrogens is 3. The number of hydrogen-bond acceptors (Lipinski definition) is 4. The maximum Gasteiger partial charge on any atom is 0.193 e. The molecule has 4 heteroatoms. The number of hydrogen-bond donors (Lipinski definition) is 0. The van der Waals surface area contributed by atoms with Crippen LogP contribution in [0.15, 0.2) is 237 Å². The Labute approximate surface area is 369 Å². The van der Waals surface area contributed by atoms with Gasteiger partial charge in [0.2, 0.25) is 0 Å². The molecule has 0 spiro atoms. The monoisotopic (exact) mass is 809 g/mol. The van der Waals surface area contributed by atoms with Crippen molar-refractivity contribution in [1.82, 2.24) is 15.0 Å². The Morgan fingerprint density at radius 3 is 1.16 bits per heavy atom. The van der Waals surface area contributed by atoms with E-state index in [0.29, 0.717) is 11.1 Å². The van der Waals surface area contributed by atoms with Crippen LogP contribution in [0.3, 0.4) is 0 Å². The molecule has 0 atom stereocenters. The summed E-state index contributed by atoms with van der Waals surface area (Å²) in [5.74, 6) is -0.125. The van der Waals surface area contributed by atoms with Gasteiger partial charge < -0.3 is 0 Å². The van der Waals surface area contributed by atoms with Crippen LogP contribution in [0.2, 0.25) is 0 Å². The minimum absolute atomic E-state index is 0.125. The number of carbonyl (C=O) groups is 1. The van der Waals surface area contributed by atoms with Crippen LogP contribution in [0.4, 0.5) is 0 Å². The first-order valence-electron chi connectivity index (χ1n) is 21.0. The lowest BCUT2D eigenvalue weighted by molar-refractivity contribution is 0.103. The number of pyridine rings is 3. The van der Waals surface area contributed by atoms with Crippen LogP contribution in [0.5, 0.6) is 0 Å². The van der Waals surface area contributed by atoms with Gasteiger partial charge >= 0.3 is 0 Å². The molecule has 0 unspecified atom stereocenters. The van der Waals surface area contributed by atoms with Gasteiger partial charge in [-0.1, -0.05) is 164 Å². The van der Waals surface area contributed by atoms with Gasteiger partial charge in [-0.25, -0.2) is 15.0 Å². The lowest BCUT2D eigenvalue weighted by Crippen LogP contribution is -2.04. The Hall–Kier alpha value is -8.34. The van der Waals surface area contributed by atoms with Crippen molar-refractivity contribution in [3.8, 4) is 67.5 Å². The van der Waals surface area contributed by atoms with Crippen molar-refractivity contribution in [2.75, 3.05) is 0 Å². The number of ketones is 1. The number of carbonyl (C=O) groups excluding carboxylic acids is 1. The van der Waals surface area contributed by atoms with Crippen LogP contribution in [0.1, 0.15) is 34.0 Å². The zero-order valence-electron chi connectivity index (χ0n) is 34.9. The Balaban J connectivity index is 1.17. The molecule has 6 aromatic carbocycles. The summed E-state index contributed by atoms with van der Waals surface area (Å²) in [6, 6.07) is 70.6. The molecule has 0 saturated carbocycles. The molecule has 0 bridgehead atoms. The maximum absolute atomic E-state index is 15.2. The standard InChI is InChI=1S/C59H43N3O/c1-41(43-21-7-3-8-22-43)19-15-20-42(2)47-35-48(56-32-16-29-53(60-56)44-23-9-4-10-24-44)38-51(36-47)59(63)52-39-49(57-33-17-30-54(61-57)45-25-11-5-12-26-45)37-50(40-52)58-34-18-31-55(62-58)46-27-13-6-14-28-46/h3-40H,1H2,2H3/b19-15-,42-20+. The third-order valence-corrected chi connectivity index (χ3v) is 11.0. The fourth-order valence-corrected chi connectivity index (χ4v) is 7.60. The molecule has 0 N–H and O–H groups in total. The summed E-state index contributed by atoms with van der Waals surface area (Å²) in [6.45, 7) is 6.33. The summed E-state index contributed by atoms with van der Waals surface area (Å²) in [7, 11) is 0. The van der Waals surface area contributed by atoms with E-state index in [0.717, 1.165) is 89.8 Å². The number of benzene rings is 6. The minimum atomic E-state index is -0.125. The van der Waals surface area contributed by atoms with E-state index in [9.17, 15) is 0 Å². The molecule has 0 aliphatic rings. The summed E-state index contributed by atoms with van der Waals surface area (Å²) in [5, 5.41) is 0. The van der Waals surface area contributed by atoms with Crippen LogP contribution >= 0.6 is 0 Å². The van der Waals surface area contributed by atoms with Crippen LogP contribution < -0.4 is 0 Å². The van der Waals surface area contributed by atoms with Crippen LogP contribution in [-0.2, 0) is 0 Å². The molecule has 4 nitrogen and oxygen atoms in total. The summed E-state index contributed by atoms with van der Waals surface area (Å²) < 4.78 is 0. The smallest absolute Gasteiger partial charge is 0.193 e. The van der Waals surface area contributed by atoms with Crippen LogP contribution in [-0.4, -0.2) is 20.7 Å². The van der Waals surface area contributed by atoms with E-state index in [1.807, 2.05) is 176 Å². The molecule has 0 radical (unpaired) electrons. The molecule has 9 rings (SSSR count).